The van der Waals surface area contributed by atoms with Crippen LogP contribution in [0.15, 0.2) is 42.6 Å². The summed E-state index contributed by atoms with van der Waals surface area (Å²) in [5.74, 6) is 1.58. The van der Waals surface area contributed by atoms with Gasteiger partial charge < -0.3 is 14.8 Å². The molecule has 0 amide bonds. The molecule has 1 aromatic carbocycles. The van der Waals surface area contributed by atoms with Crippen molar-refractivity contribution in [2.45, 2.75) is 6.61 Å². The highest BCUT2D eigenvalue weighted by Crippen LogP contribution is 2.11. The normalized spacial score (nSPS) is 9.90. The molecule has 0 atom stereocenters. The van der Waals surface area contributed by atoms with E-state index in [4.69, 9.17) is 14.7 Å². The standard InChI is InChI=1S/C16H17N3O2/c1-20-15-5-2-13(3-6-15)12-21-9-8-18-16-7-4-14(10-17)11-19-16/h2-7,11H,8-9,12H2,1H3,(H,18,19). The summed E-state index contributed by atoms with van der Waals surface area (Å²) in [5, 5.41) is 11.8. The first kappa shape index (κ1) is 14.8. The average Bonchev–Trinajstić information content (AvgIpc) is 2.55. The van der Waals surface area contributed by atoms with Gasteiger partial charge in [0.25, 0.3) is 0 Å². The summed E-state index contributed by atoms with van der Waals surface area (Å²) in [6.45, 7) is 1.80. The Bertz CT molecular complexity index is 588. The molecule has 1 N–H and O–H groups in total. The zero-order valence-electron chi connectivity index (χ0n) is 11.9. The summed E-state index contributed by atoms with van der Waals surface area (Å²) in [6, 6.07) is 13.3. The van der Waals surface area contributed by atoms with Gasteiger partial charge in [-0.3, -0.25) is 0 Å². The summed E-state index contributed by atoms with van der Waals surface area (Å²) in [6.07, 6.45) is 1.54. The van der Waals surface area contributed by atoms with Crippen LogP contribution < -0.4 is 10.1 Å². The fraction of sp³-hybridized carbons (Fsp3) is 0.250. The van der Waals surface area contributed by atoms with Gasteiger partial charge in [0.15, 0.2) is 0 Å². The van der Waals surface area contributed by atoms with Crippen molar-refractivity contribution in [1.82, 2.24) is 4.98 Å². The van der Waals surface area contributed by atoms with Gasteiger partial charge in [-0.15, -0.1) is 0 Å². The van der Waals surface area contributed by atoms with Crippen LogP contribution in [-0.2, 0) is 11.3 Å². The fourth-order valence-electron chi connectivity index (χ4n) is 1.73. The fourth-order valence-corrected chi connectivity index (χ4v) is 1.73. The number of aromatic nitrogens is 1. The van der Waals surface area contributed by atoms with Crippen molar-refractivity contribution in [3.8, 4) is 11.8 Å². The maximum Gasteiger partial charge on any atom is 0.126 e. The molecule has 0 spiro atoms. The summed E-state index contributed by atoms with van der Waals surface area (Å²) in [7, 11) is 1.65. The van der Waals surface area contributed by atoms with Gasteiger partial charge in [0.1, 0.15) is 17.6 Å². The third-order valence-electron chi connectivity index (χ3n) is 2.87. The van der Waals surface area contributed by atoms with Gasteiger partial charge in [-0.05, 0) is 29.8 Å². The summed E-state index contributed by atoms with van der Waals surface area (Å²) in [4.78, 5) is 4.12. The Balaban J connectivity index is 1.66. The van der Waals surface area contributed by atoms with Crippen molar-refractivity contribution < 1.29 is 9.47 Å². The quantitative estimate of drug-likeness (QED) is 0.791. The second-order valence-electron chi connectivity index (χ2n) is 4.37. The zero-order valence-corrected chi connectivity index (χ0v) is 11.9. The molecule has 0 saturated carbocycles. The minimum absolute atomic E-state index is 0.552. The van der Waals surface area contributed by atoms with Crippen molar-refractivity contribution >= 4 is 5.82 Å². The van der Waals surface area contributed by atoms with E-state index < -0.39 is 0 Å². The number of nitrogens with zero attached hydrogens (tertiary/aromatic N) is 2. The van der Waals surface area contributed by atoms with Gasteiger partial charge in [0, 0.05) is 12.7 Å². The molecular formula is C16H17N3O2. The van der Waals surface area contributed by atoms with Gasteiger partial charge in [-0.1, -0.05) is 12.1 Å². The van der Waals surface area contributed by atoms with Crippen LogP contribution in [0.2, 0.25) is 0 Å². The molecule has 0 fully saturated rings. The molecule has 0 aliphatic heterocycles. The van der Waals surface area contributed by atoms with Crippen LogP contribution in [0.25, 0.3) is 0 Å². The molecule has 21 heavy (non-hydrogen) atoms. The van der Waals surface area contributed by atoms with Crippen molar-refractivity contribution in [2.24, 2.45) is 0 Å². The Kier molecular flexibility index (Phi) is 5.56. The largest absolute Gasteiger partial charge is 0.497 e. The molecule has 5 heteroatoms. The Hall–Kier alpha value is -2.58. The molecule has 1 heterocycles. The Morgan fingerprint density at radius 2 is 2.00 bits per heavy atom. The van der Waals surface area contributed by atoms with E-state index >= 15 is 0 Å². The molecule has 2 rings (SSSR count). The second kappa shape index (κ2) is 7.88. The zero-order chi connectivity index (χ0) is 14.9. The molecule has 0 aliphatic carbocycles. The van der Waals surface area contributed by atoms with Crippen molar-refractivity contribution in [2.75, 3.05) is 25.6 Å². The average molecular weight is 283 g/mol. The minimum Gasteiger partial charge on any atom is -0.497 e. The van der Waals surface area contributed by atoms with Crippen molar-refractivity contribution in [1.29, 1.82) is 5.26 Å². The molecule has 0 radical (unpaired) electrons. The highest BCUT2D eigenvalue weighted by Gasteiger charge is 1.97. The Morgan fingerprint density at radius 1 is 1.19 bits per heavy atom. The maximum absolute atomic E-state index is 8.68. The number of hydrogen-bond acceptors (Lipinski definition) is 5. The third-order valence-corrected chi connectivity index (χ3v) is 2.87. The van der Waals surface area contributed by atoms with Crippen LogP contribution >= 0.6 is 0 Å². The van der Waals surface area contributed by atoms with E-state index in [1.54, 1.807) is 25.4 Å². The highest BCUT2D eigenvalue weighted by molar-refractivity contribution is 5.38. The molecule has 2 aromatic rings. The lowest BCUT2D eigenvalue weighted by atomic mass is 10.2. The van der Waals surface area contributed by atoms with Gasteiger partial charge in [0.2, 0.25) is 0 Å². The summed E-state index contributed by atoms with van der Waals surface area (Å²) in [5.41, 5.74) is 1.66. The van der Waals surface area contributed by atoms with E-state index in [0.717, 1.165) is 17.1 Å². The topological polar surface area (TPSA) is 67.2 Å². The van der Waals surface area contributed by atoms with Crippen molar-refractivity contribution in [3.63, 3.8) is 0 Å². The molecular weight excluding hydrogens is 266 g/mol. The number of hydrogen-bond donors (Lipinski definition) is 1. The van der Waals surface area contributed by atoms with Gasteiger partial charge >= 0.3 is 0 Å². The first-order chi connectivity index (χ1) is 10.3. The number of anilines is 1. The van der Waals surface area contributed by atoms with Gasteiger partial charge in [-0.25, -0.2) is 4.98 Å². The SMILES string of the molecule is COc1ccc(COCCNc2ccc(C#N)cn2)cc1. The van der Waals surface area contributed by atoms with Crippen LogP contribution in [0.5, 0.6) is 5.75 Å². The lowest BCUT2D eigenvalue weighted by Gasteiger charge is -2.07. The van der Waals surface area contributed by atoms with Gasteiger partial charge in [-0.2, -0.15) is 5.26 Å². The van der Waals surface area contributed by atoms with Crippen LogP contribution in [0.3, 0.4) is 0 Å². The van der Waals surface area contributed by atoms with E-state index in [1.165, 1.54) is 0 Å². The van der Waals surface area contributed by atoms with Crippen LogP contribution in [0.4, 0.5) is 5.82 Å². The highest BCUT2D eigenvalue weighted by atomic mass is 16.5. The number of ether oxygens (including phenoxy) is 2. The predicted octanol–water partition coefficient (Wildman–Crippen LogP) is 2.59. The number of pyridine rings is 1. The number of benzene rings is 1. The Labute approximate surface area is 124 Å². The second-order valence-corrected chi connectivity index (χ2v) is 4.37. The van der Waals surface area contributed by atoms with E-state index in [9.17, 15) is 0 Å². The predicted molar refractivity (Wildman–Crippen MR) is 80.1 cm³/mol. The molecule has 0 aliphatic rings. The summed E-state index contributed by atoms with van der Waals surface area (Å²) < 4.78 is 10.7. The van der Waals surface area contributed by atoms with Crippen LogP contribution in [0, 0.1) is 11.3 Å². The van der Waals surface area contributed by atoms with E-state index in [0.29, 0.717) is 25.3 Å². The lowest BCUT2D eigenvalue weighted by Crippen LogP contribution is -2.10. The number of rotatable bonds is 7. The molecule has 0 saturated heterocycles. The smallest absolute Gasteiger partial charge is 0.126 e. The van der Waals surface area contributed by atoms with Crippen LogP contribution in [-0.4, -0.2) is 25.2 Å². The van der Waals surface area contributed by atoms with Crippen molar-refractivity contribution in [3.05, 3.63) is 53.7 Å². The molecule has 1 aromatic heterocycles. The first-order valence-corrected chi connectivity index (χ1v) is 6.62. The van der Waals surface area contributed by atoms with Crippen LogP contribution in [0.1, 0.15) is 11.1 Å². The monoisotopic (exact) mass is 283 g/mol. The van der Waals surface area contributed by atoms with E-state index in [2.05, 4.69) is 10.3 Å². The van der Waals surface area contributed by atoms with E-state index in [1.807, 2.05) is 30.3 Å². The maximum atomic E-state index is 8.68. The molecule has 5 nitrogen and oxygen atoms in total. The lowest BCUT2D eigenvalue weighted by molar-refractivity contribution is 0.130. The van der Waals surface area contributed by atoms with E-state index in [-0.39, 0.29) is 0 Å². The number of methoxy groups -OCH3 is 1. The number of nitrogens with one attached hydrogen (secondary N) is 1. The number of nitriles is 1. The Morgan fingerprint density at radius 3 is 2.62 bits per heavy atom. The molecule has 108 valence electrons. The molecule has 0 unspecified atom stereocenters. The van der Waals surface area contributed by atoms with Gasteiger partial charge in [0.05, 0.1) is 25.9 Å². The first-order valence-electron chi connectivity index (χ1n) is 6.62. The molecule has 0 bridgehead atoms. The minimum atomic E-state index is 0.552. The third kappa shape index (κ3) is 4.79. The summed E-state index contributed by atoms with van der Waals surface area (Å²) >= 11 is 0.